The number of hydrogen-bond donors (Lipinski definition) is 1. The van der Waals surface area contributed by atoms with E-state index < -0.39 is 0 Å². The van der Waals surface area contributed by atoms with Crippen molar-refractivity contribution < 1.29 is 0 Å². The molecule has 0 amide bonds. The van der Waals surface area contributed by atoms with Gasteiger partial charge >= 0.3 is 0 Å². The van der Waals surface area contributed by atoms with E-state index >= 15 is 0 Å². The zero-order valence-corrected chi connectivity index (χ0v) is 4.93. The largest absolute Gasteiger partial charge is 0.405 e. The fourth-order valence-electron chi connectivity index (χ4n) is 0.390. The molecule has 0 aliphatic rings. The van der Waals surface area contributed by atoms with Crippen LogP contribution in [0.25, 0.3) is 0 Å². The quantitative estimate of drug-likeness (QED) is 0.432. The average molecular weight is 109 g/mol. The molecule has 0 spiro atoms. The summed E-state index contributed by atoms with van der Waals surface area (Å²) in [5.41, 5.74) is 6.07. The average Bonchev–Trinajstić information content (AvgIpc) is 1.68. The van der Waals surface area contributed by atoms with Crippen molar-refractivity contribution in [2.75, 3.05) is 0 Å². The molecular formula is C7H11N. The van der Waals surface area contributed by atoms with Crippen LogP contribution in [-0.4, -0.2) is 0 Å². The van der Waals surface area contributed by atoms with Gasteiger partial charge in [0, 0.05) is 0 Å². The highest BCUT2D eigenvalue weighted by Gasteiger charge is 1.78. The Morgan fingerprint density at radius 2 is 2.25 bits per heavy atom. The van der Waals surface area contributed by atoms with Crippen LogP contribution in [0.1, 0.15) is 6.42 Å². The minimum absolute atomic E-state index is 0.813. The monoisotopic (exact) mass is 109 g/mol. The first kappa shape index (κ1) is 7.02. The van der Waals surface area contributed by atoms with E-state index in [9.17, 15) is 0 Å². The van der Waals surface area contributed by atoms with Gasteiger partial charge in [0.15, 0.2) is 0 Å². The molecule has 0 saturated heterocycles. The topological polar surface area (TPSA) is 26.0 Å². The molecule has 0 aromatic carbocycles. The van der Waals surface area contributed by atoms with Gasteiger partial charge in [0.05, 0.1) is 0 Å². The minimum Gasteiger partial charge on any atom is -0.405 e. The first-order valence-electron chi connectivity index (χ1n) is 2.48. The smallest absolute Gasteiger partial charge is 0.00597 e. The molecule has 0 rings (SSSR count). The van der Waals surface area contributed by atoms with Crippen LogP contribution >= 0.6 is 0 Å². The Morgan fingerprint density at radius 1 is 1.62 bits per heavy atom. The normalized spacial score (nSPS) is 9.50. The van der Waals surface area contributed by atoms with Gasteiger partial charge in [-0.05, 0) is 18.7 Å². The van der Waals surface area contributed by atoms with Crippen molar-refractivity contribution in [3.05, 3.63) is 37.1 Å². The van der Waals surface area contributed by atoms with Gasteiger partial charge in [-0.3, -0.25) is 0 Å². The van der Waals surface area contributed by atoms with Crippen LogP contribution in [0.3, 0.4) is 0 Å². The molecular weight excluding hydrogens is 98.1 g/mol. The second-order valence-electron chi connectivity index (χ2n) is 1.51. The standard InChI is InChI=1S/C7H11N/c1-3-4-7(2)5-6-8/h3,5-6H,1-2,4,8H2. The molecule has 1 nitrogen and oxygen atoms in total. The lowest BCUT2D eigenvalue weighted by molar-refractivity contribution is 1.30. The van der Waals surface area contributed by atoms with E-state index in [1.807, 2.05) is 0 Å². The fourth-order valence-corrected chi connectivity index (χ4v) is 0.390. The number of hydrogen-bond acceptors (Lipinski definition) is 1. The van der Waals surface area contributed by atoms with Crippen molar-refractivity contribution in [2.45, 2.75) is 6.42 Å². The van der Waals surface area contributed by atoms with E-state index in [2.05, 4.69) is 13.2 Å². The Morgan fingerprint density at radius 3 is 2.62 bits per heavy atom. The number of rotatable bonds is 3. The van der Waals surface area contributed by atoms with Crippen LogP contribution in [0.15, 0.2) is 37.1 Å². The summed E-state index contributed by atoms with van der Waals surface area (Å²) >= 11 is 0. The van der Waals surface area contributed by atoms with Crippen molar-refractivity contribution in [1.82, 2.24) is 0 Å². The summed E-state index contributed by atoms with van der Waals surface area (Å²) in [4.78, 5) is 0. The van der Waals surface area contributed by atoms with Gasteiger partial charge in [-0.15, -0.1) is 6.58 Å². The number of allylic oxidation sites excluding steroid dienone is 3. The molecule has 8 heavy (non-hydrogen) atoms. The molecule has 0 aromatic rings. The summed E-state index contributed by atoms with van der Waals surface area (Å²) in [7, 11) is 0. The molecule has 1 heteroatoms. The number of nitrogens with two attached hydrogens (primary N) is 1. The van der Waals surface area contributed by atoms with Gasteiger partial charge in [-0.2, -0.15) is 0 Å². The van der Waals surface area contributed by atoms with Gasteiger partial charge in [0.25, 0.3) is 0 Å². The Bertz CT molecular complexity index is 112. The molecule has 44 valence electrons. The summed E-state index contributed by atoms with van der Waals surface area (Å²) in [6, 6.07) is 0. The van der Waals surface area contributed by atoms with Crippen molar-refractivity contribution in [3.8, 4) is 0 Å². The van der Waals surface area contributed by atoms with E-state index in [1.165, 1.54) is 6.20 Å². The molecule has 0 atom stereocenters. The Labute approximate surface area is 50.2 Å². The van der Waals surface area contributed by atoms with E-state index in [1.54, 1.807) is 12.2 Å². The molecule has 0 heterocycles. The first-order valence-corrected chi connectivity index (χ1v) is 2.48. The van der Waals surface area contributed by atoms with Crippen LogP contribution in [0.5, 0.6) is 0 Å². The molecule has 0 unspecified atom stereocenters. The predicted octanol–water partition coefficient (Wildman–Crippen LogP) is 1.59. The third kappa shape index (κ3) is 3.22. The lowest BCUT2D eigenvalue weighted by Gasteiger charge is -1.87. The molecule has 0 radical (unpaired) electrons. The summed E-state index contributed by atoms with van der Waals surface area (Å²) in [5.74, 6) is 0. The maximum Gasteiger partial charge on any atom is -0.00597 e. The predicted molar refractivity (Wildman–Crippen MR) is 37.3 cm³/mol. The van der Waals surface area contributed by atoms with Crippen LogP contribution in [0, 0.1) is 0 Å². The van der Waals surface area contributed by atoms with E-state index in [0.717, 1.165) is 12.0 Å². The highest BCUT2D eigenvalue weighted by atomic mass is 14.5. The zero-order chi connectivity index (χ0) is 6.41. The van der Waals surface area contributed by atoms with E-state index in [4.69, 9.17) is 5.73 Å². The van der Waals surface area contributed by atoms with Crippen molar-refractivity contribution in [1.29, 1.82) is 0 Å². The van der Waals surface area contributed by atoms with Gasteiger partial charge in [0.2, 0.25) is 0 Å². The van der Waals surface area contributed by atoms with Gasteiger partial charge in [-0.25, -0.2) is 0 Å². The van der Waals surface area contributed by atoms with Crippen LogP contribution in [0.4, 0.5) is 0 Å². The molecule has 0 fully saturated rings. The molecule has 0 aromatic heterocycles. The molecule has 2 N–H and O–H groups in total. The maximum absolute atomic E-state index is 5.08. The van der Waals surface area contributed by atoms with Crippen LogP contribution in [0.2, 0.25) is 0 Å². The third-order valence-corrected chi connectivity index (χ3v) is 0.738. The minimum atomic E-state index is 0.813. The van der Waals surface area contributed by atoms with Crippen molar-refractivity contribution in [3.63, 3.8) is 0 Å². The third-order valence-electron chi connectivity index (χ3n) is 0.738. The first-order chi connectivity index (χ1) is 3.81. The Balaban J connectivity index is 3.48. The molecule has 0 aliphatic heterocycles. The summed E-state index contributed by atoms with van der Waals surface area (Å²) in [5, 5.41) is 0. The zero-order valence-electron chi connectivity index (χ0n) is 4.93. The highest BCUT2D eigenvalue weighted by molar-refractivity contribution is 5.15. The molecule has 0 saturated carbocycles. The van der Waals surface area contributed by atoms with Crippen molar-refractivity contribution in [2.24, 2.45) is 5.73 Å². The summed E-state index contributed by atoms with van der Waals surface area (Å²) in [6.45, 7) is 7.24. The lowest BCUT2D eigenvalue weighted by atomic mass is 10.2. The second-order valence-corrected chi connectivity index (χ2v) is 1.51. The van der Waals surface area contributed by atoms with Crippen molar-refractivity contribution >= 4 is 0 Å². The Kier molecular flexibility index (Phi) is 3.67. The van der Waals surface area contributed by atoms with Gasteiger partial charge in [0.1, 0.15) is 0 Å². The fraction of sp³-hybridized carbons (Fsp3) is 0.143. The van der Waals surface area contributed by atoms with Crippen LogP contribution in [-0.2, 0) is 0 Å². The molecule has 0 aliphatic carbocycles. The SMILES string of the molecule is C=CCC(=C)C=CN. The summed E-state index contributed by atoms with van der Waals surface area (Å²) < 4.78 is 0. The second kappa shape index (κ2) is 4.19. The van der Waals surface area contributed by atoms with Gasteiger partial charge in [-0.1, -0.05) is 18.2 Å². The molecule has 0 bridgehead atoms. The van der Waals surface area contributed by atoms with E-state index in [-0.39, 0.29) is 0 Å². The highest BCUT2D eigenvalue weighted by Crippen LogP contribution is 1.97. The van der Waals surface area contributed by atoms with Gasteiger partial charge < -0.3 is 5.73 Å². The van der Waals surface area contributed by atoms with E-state index in [0.29, 0.717) is 0 Å². The maximum atomic E-state index is 5.08. The lowest BCUT2D eigenvalue weighted by Crippen LogP contribution is -1.77. The Hall–Kier alpha value is -0.980. The summed E-state index contributed by atoms with van der Waals surface area (Å²) in [6.07, 6.45) is 5.85. The van der Waals surface area contributed by atoms with Crippen LogP contribution < -0.4 is 5.73 Å².